The van der Waals surface area contributed by atoms with Gasteiger partial charge in [0.05, 0.1) is 36.2 Å². The third kappa shape index (κ3) is 6.56. The number of phenols is 1. The van der Waals surface area contributed by atoms with Gasteiger partial charge < -0.3 is 20.1 Å². The van der Waals surface area contributed by atoms with Crippen molar-refractivity contribution in [3.05, 3.63) is 45.5 Å². The zero-order valence-electron chi connectivity index (χ0n) is 22.4. The number of nitrogens with zero attached hydrogens (tertiary/aromatic N) is 1. The molecule has 0 saturated carbocycles. The van der Waals surface area contributed by atoms with Gasteiger partial charge in [0.25, 0.3) is 0 Å². The van der Waals surface area contributed by atoms with E-state index in [4.69, 9.17) is 21.4 Å². The van der Waals surface area contributed by atoms with E-state index in [-0.39, 0.29) is 42.6 Å². The number of likely N-dealkylation sites (tertiary alicyclic amines) is 1. The Bertz CT molecular complexity index is 1160. The maximum atomic E-state index is 13.4. The van der Waals surface area contributed by atoms with Crippen LogP contribution in [0.4, 0.5) is 0 Å². The second kappa shape index (κ2) is 13.1. The van der Waals surface area contributed by atoms with Crippen LogP contribution in [0.2, 0.25) is 5.02 Å². The number of carbonyl (C=O) groups is 3. The summed E-state index contributed by atoms with van der Waals surface area (Å²) in [6.45, 7) is 2.61. The number of aliphatic hydroxyl groups excluding tert-OH is 1. The van der Waals surface area contributed by atoms with Crippen molar-refractivity contribution in [3.8, 4) is 5.75 Å². The molecular formula is C30H38ClNO7. The zero-order valence-corrected chi connectivity index (χ0v) is 23.2. The van der Waals surface area contributed by atoms with Crippen LogP contribution in [0.3, 0.4) is 0 Å². The van der Waals surface area contributed by atoms with Crippen molar-refractivity contribution >= 4 is 35.5 Å². The lowest BCUT2D eigenvalue weighted by molar-refractivity contribution is -0.141. The van der Waals surface area contributed by atoms with Crippen molar-refractivity contribution < 1.29 is 34.4 Å². The molecule has 0 spiro atoms. The highest BCUT2D eigenvalue weighted by molar-refractivity contribution is 6.32. The number of carboxylic acid groups (broad SMARTS) is 1. The van der Waals surface area contributed by atoms with E-state index in [9.17, 15) is 24.6 Å². The molecule has 0 unspecified atom stereocenters. The van der Waals surface area contributed by atoms with Gasteiger partial charge in [0.1, 0.15) is 5.75 Å². The molecule has 212 valence electrons. The van der Waals surface area contributed by atoms with Gasteiger partial charge in [-0.05, 0) is 73.4 Å². The number of allylic oxidation sites excluding steroid dienone is 1. The molecule has 0 aromatic heterocycles. The number of rotatable bonds is 13. The summed E-state index contributed by atoms with van der Waals surface area (Å²) in [5.74, 6) is -2.22. The Morgan fingerprint density at radius 3 is 2.62 bits per heavy atom. The van der Waals surface area contributed by atoms with Crippen LogP contribution in [0.5, 0.6) is 5.75 Å². The second-order valence-electron chi connectivity index (χ2n) is 10.8. The highest BCUT2D eigenvalue weighted by Gasteiger charge is 2.56. The lowest BCUT2D eigenvalue weighted by Crippen LogP contribution is -2.35. The van der Waals surface area contributed by atoms with Crippen molar-refractivity contribution in [2.24, 2.45) is 17.8 Å². The topological polar surface area (TPSA) is 124 Å². The third-order valence-corrected chi connectivity index (χ3v) is 8.53. The Morgan fingerprint density at radius 1 is 1.13 bits per heavy atom. The van der Waals surface area contributed by atoms with E-state index in [0.29, 0.717) is 50.3 Å². The van der Waals surface area contributed by atoms with E-state index < -0.39 is 17.8 Å². The first-order valence-corrected chi connectivity index (χ1v) is 14.3. The molecule has 39 heavy (non-hydrogen) atoms. The second-order valence-corrected chi connectivity index (χ2v) is 11.2. The minimum Gasteiger partial charge on any atom is -0.508 e. The van der Waals surface area contributed by atoms with Crippen LogP contribution in [0, 0.1) is 17.8 Å². The number of ether oxygens (including phenoxy) is 1. The number of unbranched alkanes of at least 4 members (excludes halogenated alkanes) is 2. The first-order valence-electron chi connectivity index (χ1n) is 13.9. The molecule has 2 amide bonds. The van der Waals surface area contributed by atoms with Crippen molar-refractivity contribution in [2.45, 2.75) is 70.8 Å². The normalized spacial score (nSPS) is 24.9. The summed E-state index contributed by atoms with van der Waals surface area (Å²) in [7, 11) is 0. The molecule has 4 atom stereocenters. The molecule has 2 fully saturated rings. The molecule has 2 saturated heterocycles. The van der Waals surface area contributed by atoms with E-state index in [1.807, 2.05) is 0 Å². The highest BCUT2D eigenvalue weighted by atomic mass is 35.5. The number of aromatic hydroxyl groups is 1. The fourth-order valence-corrected chi connectivity index (χ4v) is 6.62. The molecule has 2 aliphatic heterocycles. The van der Waals surface area contributed by atoms with Gasteiger partial charge in [0.2, 0.25) is 11.8 Å². The maximum Gasteiger partial charge on any atom is 0.303 e. The van der Waals surface area contributed by atoms with Gasteiger partial charge in [-0.2, -0.15) is 0 Å². The predicted octanol–water partition coefficient (Wildman–Crippen LogP) is 4.96. The molecule has 3 aliphatic rings. The van der Waals surface area contributed by atoms with Gasteiger partial charge in [-0.1, -0.05) is 43.0 Å². The molecule has 1 aromatic rings. The lowest BCUT2D eigenvalue weighted by Gasteiger charge is -2.31. The summed E-state index contributed by atoms with van der Waals surface area (Å²) in [5, 5.41) is 29.2. The van der Waals surface area contributed by atoms with Gasteiger partial charge in [-0.3, -0.25) is 19.3 Å². The van der Waals surface area contributed by atoms with Crippen LogP contribution in [-0.4, -0.2) is 63.9 Å². The van der Waals surface area contributed by atoms with Gasteiger partial charge in [-0.15, -0.1) is 0 Å². The Balaban J connectivity index is 1.45. The molecule has 4 rings (SSSR count). The number of amides is 2. The Kier molecular flexibility index (Phi) is 9.86. The molecule has 9 heteroatoms. The van der Waals surface area contributed by atoms with Crippen LogP contribution in [0.15, 0.2) is 34.9 Å². The maximum absolute atomic E-state index is 13.4. The van der Waals surface area contributed by atoms with E-state index >= 15 is 0 Å². The van der Waals surface area contributed by atoms with E-state index in [1.165, 1.54) is 16.5 Å². The van der Waals surface area contributed by atoms with E-state index in [0.717, 1.165) is 36.0 Å². The summed E-state index contributed by atoms with van der Waals surface area (Å²) in [5.41, 5.74) is 3.85. The molecule has 0 radical (unpaired) electrons. The monoisotopic (exact) mass is 559 g/mol. The number of carboxylic acids is 1. The van der Waals surface area contributed by atoms with E-state index in [2.05, 4.69) is 13.0 Å². The summed E-state index contributed by atoms with van der Waals surface area (Å²) >= 11 is 6.33. The van der Waals surface area contributed by atoms with Gasteiger partial charge >= 0.3 is 5.97 Å². The highest BCUT2D eigenvalue weighted by Crippen LogP contribution is 2.49. The van der Waals surface area contributed by atoms with Gasteiger partial charge in [0.15, 0.2) is 0 Å². The standard InChI is InChI=1S/C30H38ClNO7/c1-2-6-18(13-19-9-10-21(34)15-24(19)31)8-11-25-27-20(16-33)14-22-28(23(27)17-39-25)30(38)32(29(22)37)12-5-3-4-7-26(35)36/h9-10,13,15,22-23,25,28,33-34H,2-8,11-12,14,16-17H2,1H3,(H,35,36)/b18-13+/t22-,23+,25-,28-/m1/s1. The number of fused-ring (bicyclic) bond motifs is 3. The first-order chi connectivity index (χ1) is 18.7. The molecule has 8 nitrogen and oxygen atoms in total. The van der Waals surface area contributed by atoms with Gasteiger partial charge in [-0.25, -0.2) is 0 Å². The zero-order chi connectivity index (χ0) is 28.1. The molecule has 1 aliphatic carbocycles. The fourth-order valence-electron chi connectivity index (χ4n) is 6.39. The van der Waals surface area contributed by atoms with Crippen molar-refractivity contribution in [2.75, 3.05) is 19.8 Å². The van der Waals surface area contributed by atoms with Crippen LogP contribution < -0.4 is 0 Å². The largest absolute Gasteiger partial charge is 0.508 e. The summed E-state index contributed by atoms with van der Waals surface area (Å²) in [4.78, 5) is 38.7. The SMILES string of the molecule is CCC/C(=C\c1ccc(O)cc1Cl)CC[C@H]1OC[C@H]2C1=C(CO)C[C@H]1C(=O)N(CCCCCC(=O)O)C(=O)[C@H]12. The number of carbonyl (C=O) groups excluding carboxylic acids is 2. The smallest absolute Gasteiger partial charge is 0.303 e. The van der Waals surface area contributed by atoms with Crippen LogP contribution in [0.1, 0.15) is 70.3 Å². The predicted molar refractivity (Wildman–Crippen MR) is 147 cm³/mol. The molecule has 1 aromatic carbocycles. The number of halogens is 1. The fraction of sp³-hybridized carbons (Fsp3) is 0.567. The number of hydrogen-bond donors (Lipinski definition) is 3. The Hall–Kier alpha value is -2.68. The Labute approximate surface area is 234 Å². The molecule has 0 bridgehead atoms. The number of benzene rings is 1. The Morgan fingerprint density at radius 2 is 1.92 bits per heavy atom. The number of hydrogen-bond acceptors (Lipinski definition) is 6. The lowest BCUT2D eigenvalue weighted by atomic mass is 9.69. The average Bonchev–Trinajstić information content (AvgIpc) is 3.42. The van der Waals surface area contributed by atoms with Gasteiger partial charge in [0, 0.05) is 18.9 Å². The van der Waals surface area contributed by atoms with Crippen molar-refractivity contribution in [1.82, 2.24) is 4.90 Å². The van der Waals surface area contributed by atoms with Crippen molar-refractivity contribution in [1.29, 1.82) is 0 Å². The number of imide groups is 1. The first kappa shape index (κ1) is 29.3. The molecular weight excluding hydrogens is 522 g/mol. The minimum absolute atomic E-state index is 0.0816. The molecule has 2 heterocycles. The molecule has 3 N–H and O–H groups in total. The summed E-state index contributed by atoms with van der Waals surface area (Å²) < 4.78 is 6.22. The van der Waals surface area contributed by atoms with Crippen molar-refractivity contribution in [3.63, 3.8) is 0 Å². The minimum atomic E-state index is -0.846. The van der Waals surface area contributed by atoms with Crippen LogP contribution >= 0.6 is 11.6 Å². The summed E-state index contributed by atoms with van der Waals surface area (Å²) in [6.07, 6.45) is 7.34. The van der Waals surface area contributed by atoms with E-state index in [1.54, 1.807) is 12.1 Å². The quantitative estimate of drug-likeness (QED) is 0.177. The van der Waals surface area contributed by atoms with Crippen LogP contribution in [0.25, 0.3) is 6.08 Å². The summed E-state index contributed by atoms with van der Waals surface area (Å²) in [6, 6.07) is 4.93. The number of phenolic OH excluding ortho intramolecular Hbond substituents is 1. The van der Waals surface area contributed by atoms with Crippen LogP contribution in [-0.2, 0) is 19.1 Å². The third-order valence-electron chi connectivity index (χ3n) is 8.20. The average molecular weight is 560 g/mol. The number of aliphatic hydroxyl groups is 1. The number of aliphatic carboxylic acids is 1.